The van der Waals surface area contributed by atoms with Crippen LogP contribution in [0.25, 0.3) is 0 Å². The van der Waals surface area contributed by atoms with E-state index < -0.39 is 0 Å². The molecule has 1 N–H and O–H groups in total. The van der Waals surface area contributed by atoms with Crippen LogP contribution in [0, 0.1) is 0 Å². The largest absolute Gasteiger partial charge is 0.394 e. The molecule has 0 aliphatic rings. The molecule has 0 saturated carbocycles. The molecule has 0 bridgehead atoms. The highest BCUT2D eigenvalue weighted by atomic mass is 16.5. The van der Waals surface area contributed by atoms with Crippen LogP contribution in [0.4, 0.5) is 0 Å². The summed E-state index contributed by atoms with van der Waals surface area (Å²) in [5.41, 5.74) is 0. The molecule has 0 aliphatic heterocycles. The number of ether oxygens (including phenoxy) is 1. The lowest BCUT2D eigenvalue weighted by atomic mass is 10.0. The lowest BCUT2D eigenvalue weighted by Crippen LogP contribution is -2.17. The average Bonchev–Trinajstić information content (AvgIpc) is 2.47. The molecular formula is C18H38O2. The minimum atomic E-state index is 0.0723. The third kappa shape index (κ3) is 14.3. The molecule has 0 aromatic carbocycles. The summed E-state index contributed by atoms with van der Waals surface area (Å²) in [5.74, 6) is 0. The summed E-state index contributed by atoms with van der Waals surface area (Å²) in [6.07, 6.45) is 17.6. The van der Waals surface area contributed by atoms with Gasteiger partial charge in [0.25, 0.3) is 0 Å². The summed E-state index contributed by atoms with van der Waals surface area (Å²) in [6, 6.07) is 0. The molecule has 0 aromatic rings. The van der Waals surface area contributed by atoms with Gasteiger partial charge in [-0.3, -0.25) is 0 Å². The van der Waals surface area contributed by atoms with Crippen LogP contribution in [0.5, 0.6) is 0 Å². The van der Waals surface area contributed by atoms with E-state index in [1.165, 1.54) is 77.0 Å². The van der Waals surface area contributed by atoms with Crippen molar-refractivity contribution in [2.75, 3.05) is 13.2 Å². The van der Waals surface area contributed by atoms with Gasteiger partial charge in [0.1, 0.15) is 0 Å². The maximum atomic E-state index is 9.11. The molecule has 1 atom stereocenters. The third-order valence-corrected chi connectivity index (χ3v) is 3.99. The van der Waals surface area contributed by atoms with Crippen molar-refractivity contribution in [2.45, 2.75) is 103 Å². The first-order chi connectivity index (χ1) is 9.85. The lowest BCUT2D eigenvalue weighted by molar-refractivity contribution is 0.0136. The first-order valence-electron chi connectivity index (χ1n) is 9.07. The second-order valence-electron chi connectivity index (χ2n) is 5.94. The fraction of sp³-hybridized carbons (Fsp3) is 1.00. The van der Waals surface area contributed by atoms with Gasteiger partial charge in [-0.2, -0.15) is 0 Å². The van der Waals surface area contributed by atoms with E-state index in [9.17, 15) is 0 Å². The normalized spacial score (nSPS) is 12.8. The predicted octanol–water partition coefficient (Wildman–Crippen LogP) is 5.48. The molecule has 122 valence electrons. The Morgan fingerprint density at radius 2 is 1.15 bits per heavy atom. The van der Waals surface area contributed by atoms with Crippen LogP contribution in [0.15, 0.2) is 0 Å². The zero-order chi connectivity index (χ0) is 14.9. The highest BCUT2D eigenvalue weighted by Gasteiger charge is 2.05. The summed E-state index contributed by atoms with van der Waals surface area (Å²) in [7, 11) is 0. The van der Waals surface area contributed by atoms with Gasteiger partial charge in [0.2, 0.25) is 0 Å². The summed E-state index contributed by atoms with van der Waals surface area (Å²) in [5, 5.41) is 9.11. The number of aliphatic hydroxyl groups is 1. The van der Waals surface area contributed by atoms with Gasteiger partial charge in [0.05, 0.1) is 12.7 Å². The van der Waals surface area contributed by atoms with Crippen LogP contribution in [0.2, 0.25) is 0 Å². The van der Waals surface area contributed by atoms with E-state index >= 15 is 0 Å². The maximum absolute atomic E-state index is 9.11. The number of unbranched alkanes of at least 4 members (excludes halogenated alkanes) is 11. The van der Waals surface area contributed by atoms with E-state index in [0.717, 1.165) is 6.42 Å². The van der Waals surface area contributed by atoms with Crippen molar-refractivity contribution < 1.29 is 9.84 Å². The third-order valence-electron chi connectivity index (χ3n) is 3.99. The fourth-order valence-corrected chi connectivity index (χ4v) is 2.68. The van der Waals surface area contributed by atoms with Crippen LogP contribution in [0.3, 0.4) is 0 Å². The Balaban J connectivity index is 3.09. The van der Waals surface area contributed by atoms with Crippen molar-refractivity contribution >= 4 is 0 Å². The lowest BCUT2D eigenvalue weighted by Gasteiger charge is -2.13. The van der Waals surface area contributed by atoms with Gasteiger partial charge >= 0.3 is 0 Å². The Hall–Kier alpha value is -0.0800. The average molecular weight is 286 g/mol. The van der Waals surface area contributed by atoms with Crippen molar-refractivity contribution in [3.8, 4) is 0 Å². The van der Waals surface area contributed by atoms with E-state index in [4.69, 9.17) is 9.84 Å². The molecule has 20 heavy (non-hydrogen) atoms. The number of hydrogen-bond donors (Lipinski definition) is 1. The predicted molar refractivity (Wildman–Crippen MR) is 88.2 cm³/mol. The number of aliphatic hydroxyl groups excluding tert-OH is 1. The quantitative estimate of drug-likeness (QED) is 0.381. The molecule has 0 aliphatic carbocycles. The summed E-state index contributed by atoms with van der Waals surface area (Å²) in [6.45, 7) is 5.15. The molecule has 0 amide bonds. The standard InChI is InChI=1S/C18H38O2/c1-3-5-6-7-8-9-10-11-12-13-14-15-16-18(17-19)20-4-2/h18-19H,3-17H2,1-2H3/t18-/m1/s1. The van der Waals surface area contributed by atoms with Gasteiger partial charge < -0.3 is 9.84 Å². The molecular weight excluding hydrogens is 248 g/mol. The first-order valence-corrected chi connectivity index (χ1v) is 9.07. The smallest absolute Gasteiger partial charge is 0.0805 e. The Morgan fingerprint density at radius 3 is 1.55 bits per heavy atom. The van der Waals surface area contributed by atoms with Gasteiger partial charge in [-0.25, -0.2) is 0 Å². The van der Waals surface area contributed by atoms with Crippen LogP contribution >= 0.6 is 0 Å². The van der Waals surface area contributed by atoms with Gasteiger partial charge in [0, 0.05) is 6.61 Å². The maximum Gasteiger partial charge on any atom is 0.0805 e. The molecule has 0 aromatic heterocycles. The van der Waals surface area contributed by atoms with Crippen LogP contribution < -0.4 is 0 Å². The van der Waals surface area contributed by atoms with Crippen molar-refractivity contribution in [1.82, 2.24) is 0 Å². The Morgan fingerprint density at radius 1 is 0.700 bits per heavy atom. The Bertz CT molecular complexity index is 171. The van der Waals surface area contributed by atoms with Crippen molar-refractivity contribution in [1.29, 1.82) is 0 Å². The van der Waals surface area contributed by atoms with Gasteiger partial charge in [-0.1, -0.05) is 84.0 Å². The summed E-state index contributed by atoms with van der Waals surface area (Å²) < 4.78 is 5.44. The fourth-order valence-electron chi connectivity index (χ4n) is 2.68. The Labute approximate surface area is 127 Å². The topological polar surface area (TPSA) is 29.5 Å². The molecule has 0 saturated heterocycles. The molecule has 0 radical (unpaired) electrons. The van der Waals surface area contributed by atoms with E-state index in [2.05, 4.69) is 6.92 Å². The highest BCUT2D eigenvalue weighted by Crippen LogP contribution is 2.13. The molecule has 0 rings (SSSR count). The van der Waals surface area contributed by atoms with Crippen LogP contribution in [-0.4, -0.2) is 24.4 Å². The monoisotopic (exact) mass is 286 g/mol. The zero-order valence-corrected chi connectivity index (χ0v) is 14.0. The minimum absolute atomic E-state index is 0.0723. The van der Waals surface area contributed by atoms with Crippen molar-refractivity contribution in [2.24, 2.45) is 0 Å². The SMILES string of the molecule is CCCCCCCCCCCCCC[C@H](CO)OCC. The van der Waals surface area contributed by atoms with Crippen LogP contribution in [0.1, 0.15) is 97.3 Å². The second-order valence-corrected chi connectivity index (χ2v) is 5.94. The van der Waals surface area contributed by atoms with E-state index in [-0.39, 0.29) is 12.7 Å². The number of rotatable bonds is 16. The van der Waals surface area contributed by atoms with Gasteiger partial charge in [-0.05, 0) is 13.3 Å². The molecule has 0 unspecified atom stereocenters. The van der Waals surface area contributed by atoms with E-state index in [1.54, 1.807) is 0 Å². The summed E-state index contributed by atoms with van der Waals surface area (Å²) in [4.78, 5) is 0. The van der Waals surface area contributed by atoms with E-state index in [1.807, 2.05) is 6.92 Å². The summed E-state index contributed by atoms with van der Waals surface area (Å²) >= 11 is 0. The molecule has 2 nitrogen and oxygen atoms in total. The highest BCUT2D eigenvalue weighted by molar-refractivity contribution is 4.56. The Kier molecular flexibility index (Phi) is 16.9. The second kappa shape index (κ2) is 17.0. The molecule has 0 spiro atoms. The molecule has 0 fully saturated rings. The van der Waals surface area contributed by atoms with Gasteiger partial charge in [0.15, 0.2) is 0 Å². The minimum Gasteiger partial charge on any atom is -0.394 e. The number of hydrogen-bond acceptors (Lipinski definition) is 2. The first kappa shape index (κ1) is 19.9. The van der Waals surface area contributed by atoms with Crippen molar-refractivity contribution in [3.05, 3.63) is 0 Å². The van der Waals surface area contributed by atoms with Crippen LogP contribution in [-0.2, 0) is 4.74 Å². The van der Waals surface area contributed by atoms with Gasteiger partial charge in [-0.15, -0.1) is 0 Å². The van der Waals surface area contributed by atoms with E-state index in [0.29, 0.717) is 6.61 Å². The molecule has 2 heteroatoms. The van der Waals surface area contributed by atoms with Crippen molar-refractivity contribution in [3.63, 3.8) is 0 Å². The zero-order valence-electron chi connectivity index (χ0n) is 14.0. The molecule has 0 heterocycles.